The van der Waals surface area contributed by atoms with Crippen molar-refractivity contribution in [1.82, 2.24) is 0 Å². The second-order valence-corrected chi connectivity index (χ2v) is 6.68. The topological polar surface area (TPSA) is 61.8 Å². The molecule has 0 aromatic heterocycles. The van der Waals surface area contributed by atoms with Crippen molar-refractivity contribution in [2.45, 2.75) is 13.0 Å². The van der Waals surface area contributed by atoms with Crippen molar-refractivity contribution in [2.75, 3.05) is 38.8 Å². The minimum absolute atomic E-state index is 0.103. The van der Waals surface area contributed by atoms with E-state index < -0.39 is 9.05 Å². The molecule has 16 heavy (non-hydrogen) atoms. The van der Waals surface area contributed by atoms with E-state index in [2.05, 4.69) is 6.92 Å². The van der Waals surface area contributed by atoms with Gasteiger partial charge in [-0.1, -0.05) is 6.92 Å². The van der Waals surface area contributed by atoms with E-state index in [1.54, 1.807) is 0 Å². The van der Waals surface area contributed by atoms with Crippen molar-refractivity contribution in [3.8, 4) is 0 Å². The minimum Gasteiger partial charge on any atom is -0.378 e. The van der Waals surface area contributed by atoms with Crippen LogP contribution in [0.1, 0.15) is 6.92 Å². The molecule has 96 valence electrons. The summed E-state index contributed by atoms with van der Waals surface area (Å²) in [7, 11) is 1.56. The van der Waals surface area contributed by atoms with Crippen LogP contribution in [-0.4, -0.2) is 53.3 Å². The van der Waals surface area contributed by atoms with E-state index in [9.17, 15) is 8.42 Å². The van der Waals surface area contributed by atoms with Crippen molar-refractivity contribution >= 4 is 19.7 Å². The molecule has 2 atom stereocenters. The van der Waals surface area contributed by atoms with Gasteiger partial charge in [0.25, 0.3) is 0 Å². The molecule has 0 aromatic rings. The van der Waals surface area contributed by atoms with Crippen LogP contribution in [0, 0.1) is 5.92 Å². The molecule has 1 aliphatic heterocycles. The fraction of sp³-hybridized carbons (Fsp3) is 1.00. The van der Waals surface area contributed by atoms with Gasteiger partial charge in [-0.3, -0.25) is 0 Å². The van der Waals surface area contributed by atoms with Crippen molar-refractivity contribution in [3.63, 3.8) is 0 Å². The normalized spacial score (nSPS) is 26.1. The van der Waals surface area contributed by atoms with Gasteiger partial charge in [-0.05, 0) is 0 Å². The summed E-state index contributed by atoms with van der Waals surface area (Å²) in [5, 5.41) is 0. The summed E-state index contributed by atoms with van der Waals surface area (Å²) in [6.45, 7) is 4.34. The Morgan fingerprint density at radius 3 is 2.62 bits per heavy atom. The van der Waals surface area contributed by atoms with Crippen LogP contribution in [0.15, 0.2) is 0 Å². The number of hydrogen-bond donors (Lipinski definition) is 0. The van der Waals surface area contributed by atoms with Crippen molar-refractivity contribution < 1.29 is 22.6 Å². The maximum absolute atomic E-state index is 10.6. The third-order valence-corrected chi connectivity index (χ3v) is 3.45. The first-order valence-corrected chi connectivity index (χ1v) is 7.66. The van der Waals surface area contributed by atoms with Crippen LogP contribution < -0.4 is 0 Å². The molecule has 5 nitrogen and oxygen atoms in total. The maximum Gasteiger partial charge on any atom is 0.234 e. The van der Waals surface area contributed by atoms with Gasteiger partial charge in [0, 0.05) is 16.6 Å². The third kappa shape index (κ3) is 6.00. The Labute approximate surface area is 100 Å². The fourth-order valence-electron chi connectivity index (χ4n) is 1.37. The Balaban J connectivity index is 1.96. The Bertz CT molecular complexity index is 292. The van der Waals surface area contributed by atoms with Crippen LogP contribution in [0.5, 0.6) is 0 Å². The lowest BCUT2D eigenvalue weighted by atomic mass is 10.1. The highest BCUT2D eigenvalue weighted by Gasteiger charge is 2.24. The molecule has 0 radical (unpaired) electrons. The molecule has 1 aliphatic rings. The quantitative estimate of drug-likeness (QED) is 0.502. The van der Waals surface area contributed by atoms with Gasteiger partial charge < -0.3 is 14.2 Å². The van der Waals surface area contributed by atoms with Crippen molar-refractivity contribution in [1.29, 1.82) is 0 Å². The summed E-state index contributed by atoms with van der Waals surface area (Å²) in [4.78, 5) is 0. The first kappa shape index (κ1) is 14.2. The molecule has 0 N–H and O–H groups in total. The molecule has 1 saturated heterocycles. The summed E-state index contributed by atoms with van der Waals surface area (Å²) >= 11 is 0. The molecule has 0 saturated carbocycles. The molecule has 1 fully saturated rings. The van der Waals surface area contributed by atoms with Crippen LogP contribution in [0.25, 0.3) is 0 Å². The van der Waals surface area contributed by atoms with E-state index in [0.717, 1.165) is 6.61 Å². The highest BCUT2D eigenvalue weighted by atomic mass is 35.7. The Morgan fingerprint density at radius 2 is 2.06 bits per heavy atom. The number of ether oxygens (including phenoxy) is 3. The second-order valence-electron chi connectivity index (χ2n) is 3.78. The molecule has 7 heteroatoms. The van der Waals surface area contributed by atoms with Gasteiger partial charge in [0.2, 0.25) is 9.05 Å². The SMILES string of the molecule is CC1COCC1OCCOCCS(=O)(=O)Cl. The monoisotopic (exact) mass is 272 g/mol. The molecular formula is C9H17ClO5S. The zero-order valence-electron chi connectivity index (χ0n) is 9.22. The molecule has 1 heterocycles. The Morgan fingerprint density at radius 1 is 1.31 bits per heavy atom. The first-order valence-electron chi connectivity index (χ1n) is 5.18. The van der Waals surface area contributed by atoms with Gasteiger partial charge in [-0.15, -0.1) is 0 Å². The lowest BCUT2D eigenvalue weighted by Crippen LogP contribution is -2.22. The van der Waals surface area contributed by atoms with Gasteiger partial charge in [0.1, 0.15) is 0 Å². The van der Waals surface area contributed by atoms with Gasteiger partial charge in [-0.25, -0.2) is 8.42 Å². The predicted octanol–water partition coefficient (Wildman–Crippen LogP) is 0.623. The third-order valence-electron chi connectivity index (χ3n) is 2.33. The summed E-state index contributed by atoms with van der Waals surface area (Å²) in [5.41, 5.74) is 0. The molecule has 0 aliphatic carbocycles. The number of halogens is 1. The first-order chi connectivity index (χ1) is 7.49. The van der Waals surface area contributed by atoms with E-state index in [1.807, 2.05) is 0 Å². The van der Waals surface area contributed by atoms with Crippen molar-refractivity contribution in [2.24, 2.45) is 5.92 Å². The summed E-state index contributed by atoms with van der Waals surface area (Å²) in [6.07, 6.45) is 0.125. The minimum atomic E-state index is -3.45. The molecule has 1 rings (SSSR count). The van der Waals surface area contributed by atoms with E-state index in [0.29, 0.717) is 25.7 Å². The predicted molar refractivity (Wildman–Crippen MR) is 60.2 cm³/mol. The van der Waals surface area contributed by atoms with Crippen LogP contribution in [0.3, 0.4) is 0 Å². The van der Waals surface area contributed by atoms with Gasteiger partial charge in [-0.2, -0.15) is 0 Å². The molecule has 0 aromatic carbocycles. The number of hydrogen-bond acceptors (Lipinski definition) is 5. The zero-order valence-corrected chi connectivity index (χ0v) is 10.8. The van der Waals surface area contributed by atoms with E-state index >= 15 is 0 Å². The van der Waals surface area contributed by atoms with Crippen LogP contribution in [-0.2, 0) is 23.3 Å². The highest BCUT2D eigenvalue weighted by Crippen LogP contribution is 2.15. The van der Waals surface area contributed by atoms with Crippen LogP contribution in [0.4, 0.5) is 0 Å². The molecular weight excluding hydrogens is 256 g/mol. The van der Waals surface area contributed by atoms with Crippen LogP contribution in [0.2, 0.25) is 0 Å². The second kappa shape index (κ2) is 6.76. The Kier molecular flexibility index (Phi) is 5.99. The fourth-order valence-corrected chi connectivity index (χ4v) is 1.88. The van der Waals surface area contributed by atoms with Gasteiger partial charge >= 0.3 is 0 Å². The zero-order chi connectivity index (χ0) is 12.0. The lowest BCUT2D eigenvalue weighted by molar-refractivity contribution is -0.00674. The molecule has 0 spiro atoms. The van der Waals surface area contributed by atoms with Crippen LogP contribution >= 0.6 is 10.7 Å². The standard InChI is InChI=1S/C9H17ClO5S/c1-8-6-14-7-9(8)15-3-2-13-4-5-16(10,11)12/h8-9H,2-7H2,1H3. The van der Waals surface area contributed by atoms with E-state index in [1.165, 1.54) is 0 Å². The average Bonchev–Trinajstić information content (AvgIpc) is 2.56. The van der Waals surface area contributed by atoms with E-state index in [-0.39, 0.29) is 18.5 Å². The smallest absolute Gasteiger partial charge is 0.234 e. The van der Waals surface area contributed by atoms with Crippen molar-refractivity contribution in [3.05, 3.63) is 0 Å². The summed E-state index contributed by atoms with van der Waals surface area (Å²) in [5.74, 6) is 0.237. The van der Waals surface area contributed by atoms with Gasteiger partial charge in [0.05, 0.1) is 44.9 Å². The van der Waals surface area contributed by atoms with Gasteiger partial charge in [0.15, 0.2) is 0 Å². The summed E-state index contributed by atoms with van der Waals surface area (Å²) in [6, 6.07) is 0. The highest BCUT2D eigenvalue weighted by molar-refractivity contribution is 8.13. The lowest BCUT2D eigenvalue weighted by Gasteiger charge is -2.14. The maximum atomic E-state index is 10.6. The molecule has 0 amide bonds. The summed E-state index contributed by atoms with van der Waals surface area (Å²) < 4.78 is 36.9. The average molecular weight is 273 g/mol. The largest absolute Gasteiger partial charge is 0.378 e. The Hall–Kier alpha value is 0.120. The number of rotatable bonds is 7. The molecule has 2 unspecified atom stereocenters. The van der Waals surface area contributed by atoms with E-state index in [4.69, 9.17) is 24.9 Å². The molecule has 0 bridgehead atoms.